The van der Waals surface area contributed by atoms with Crippen molar-refractivity contribution in [1.82, 2.24) is 0 Å². The van der Waals surface area contributed by atoms with Crippen LogP contribution in [0.1, 0.15) is 21.5 Å². The SMILES string of the molecule is O=Cc1ccc2c(c1)C(COc1ccccc1)(COc1ccccc1)c1ccccc1-2. The molecule has 0 aliphatic heterocycles. The predicted octanol–water partition coefficient (Wildman–Crippen LogP) is 5.92. The van der Waals surface area contributed by atoms with E-state index in [9.17, 15) is 4.79 Å². The number of fused-ring (bicyclic) bond motifs is 3. The van der Waals surface area contributed by atoms with Gasteiger partial charge < -0.3 is 9.47 Å². The maximum atomic E-state index is 11.6. The van der Waals surface area contributed by atoms with E-state index >= 15 is 0 Å². The Balaban J connectivity index is 1.62. The number of para-hydroxylation sites is 2. The molecule has 5 rings (SSSR count). The maximum Gasteiger partial charge on any atom is 0.150 e. The summed E-state index contributed by atoms with van der Waals surface area (Å²) >= 11 is 0. The highest BCUT2D eigenvalue weighted by atomic mass is 16.5. The molecule has 31 heavy (non-hydrogen) atoms. The fourth-order valence-corrected chi connectivity index (χ4v) is 4.35. The number of benzene rings is 4. The van der Waals surface area contributed by atoms with Gasteiger partial charge in [-0.3, -0.25) is 4.79 Å². The highest BCUT2D eigenvalue weighted by Gasteiger charge is 2.45. The molecule has 0 unspecified atom stereocenters. The summed E-state index contributed by atoms with van der Waals surface area (Å²) in [6.07, 6.45) is 0.893. The number of carbonyl (C=O) groups excluding carboxylic acids is 1. The Labute approximate surface area is 181 Å². The molecule has 3 heteroatoms. The Morgan fingerprint density at radius 1 is 0.613 bits per heavy atom. The van der Waals surface area contributed by atoms with Gasteiger partial charge in [0.2, 0.25) is 0 Å². The predicted molar refractivity (Wildman–Crippen MR) is 122 cm³/mol. The smallest absolute Gasteiger partial charge is 0.150 e. The lowest BCUT2D eigenvalue weighted by molar-refractivity contribution is 0.112. The summed E-state index contributed by atoms with van der Waals surface area (Å²) in [5, 5.41) is 0. The summed E-state index contributed by atoms with van der Waals surface area (Å²) in [5.41, 5.74) is 4.59. The van der Waals surface area contributed by atoms with Crippen LogP contribution < -0.4 is 9.47 Å². The first kappa shape index (κ1) is 19.1. The van der Waals surface area contributed by atoms with E-state index in [0.29, 0.717) is 18.8 Å². The molecule has 0 saturated carbocycles. The Morgan fingerprint density at radius 3 is 1.77 bits per heavy atom. The molecule has 4 aromatic carbocycles. The molecule has 0 saturated heterocycles. The van der Waals surface area contributed by atoms with Crippen molar-refractivity contribution < 1.29 is 14.3 Å². The largest absolute Gasteiger partial charge is 0.492 e. The molecule has 0 fully saturated rings. The Hall–Kier alpha value is -3.85. The normalized spacial score (nSPS) is 13.2. The minimum absolute atomic E-state index is 0.399. The van der Waals surface area contributed by atoms with Gasteiger partial charge in [-0.05, 0) is 52.6 Å². The Morgan fingerprint density at radius 2 is 1.16 bits per heavy atom. The summed E-state index contributed by atoms with van der Waals surface area (Å²) in [4.78, 5) is 11.6. The van der Waals surface area contributed by atoms with E-state index in [0.717, 1.165) is 40.0 Å². The van der Waals surface area contributed by atoms with Crippen LogP contribution in [0.3, 0.4) is 0 Å². The molecule has 152 valence electrons. The van der Waals surface area contributed by atoms with Crippen LogP contribution >= 0.6 is 0 Å². The molecule has 0 spiro atoms. The average Bonchev–Trinajstić information content (AvgIpc) is 3.12. The standard InChI is InChI=1S/C28H22O3/c29-18-21-15-16-25-24-13-7-8-14-26(24)28(27(25)17-21,19-30-22-9-3-1-4-10-22)20-31-23-11-5-2-6-12-23/h1-18H,19-20H2. The zero-order valence-electron chi connectivity index (χ0n) is 17.0. The Bertz CT molecular complexity index is 1160. The van der Waals surface area contributed by atoms with E-state index < -0.39 is 5.41 Å². The van der Waals surface area contributed by atoms with Crippen LogP contribution in [0.15, 0.2) is 103 Å². The van der Waals surface area contributed by atoms with Gasteiger partial charge in [0, 0.05) is 5.56 Å². The molecule has 3 nitrogen and oxygen atoms in total. The molecule has 0 bridgehead atoms. The van der Waals surface area contributed by atoms with Gasteiger partial charge in [0.15, 0.2) is 0 Å². The van der Waals surface area contributed by atoms with Crippen LogP contribution in [-0.2, 0) is 5.41 Å². The molecule has 1 aliphatic carbocycles. The zero-order chi connectivity index (χ0) is 21.1. The fraction of sp³-hybridized carbons (Fsp3) is 0.107. The second-order valence-electron chi connectivity index (χ2n) is 7.75. The lowest BCUT2D eigenvalue weighted by atomic mass is 9.79. The minimum atomic E-state index is -0.545. The van der Waals surface area contributed by atoms with Gasteiger partial charge in [0.25, 0.3) is 0 Å². The molecular weight excluding hydrogens is 384 g/mol. The molecule has 0 heterocycles. The summed E-state index contributed by atoms with van der Waals surface area (Å²) in [5.74, 6) is 1.61. The topological polar surface area (TPSA) is 35.5 Å². The third kappa shape index (κ3) is 3.49. The van der Waals surface area contributed by atoms with Crippen LogP contribution in [0.4, 0.5) is 0 Å². The summed E-state index contributed by atoms with van der Waals surface area (Å²) < 4.78 is 12.6. The quantitative estimate of drug-likeness (QED) is 0.357. The Kier molecular flexibility index (Phi) is 5.01. The van der Waals surface area contributed by atoms with Gasteiger partial charge in [-0.25, -0.2) is 0 Å². The van der Waals surface area contributed by atoms with Gasteiger partial charge in [-0.2, -0.15) is 0 Å². The van der Waals surface area contributed by atoms with Crippen molar-refractivity contribution in [3.63, 3.8) is 0 Å². The van der Waals surface area contributed by atoms with Crippen molar-refractivity contribution in [3.05, 3.63) is 120 Å². The van der Waals surface area contributed by atoms with Crippen molar-refractivity contribution in [2.24, 2.45) is 0 Å². The molecule has 4 aromatic rings. The number of hydrogen-bond donors (Lipinski definition) is 0. The van der Waals surface area contributed by atoms with E-state index in [1.807, 2.05) is 91.0 Å². The summed E-state index contributed by atoms with van der Waals surface area (Å²) in [6, 6.07) is 33.8. The van der Waals surface area contributed by atoms with Crippen molar-refractivity contribution >= 4 is 6.29 Å². The van der Waals surface area contributed by atoms with Gasteiger partial charge in [0.05, 0.1) is 5.41 Å². The number of rotatable bonds is 7. The maximum absolute atomic E-state index is 11.6. The molecule has 0 N–H and O–H groups in total. The van der Waals surface area contributed by atoms with E-state index in [-0.39, 0.29) is 0 Å². The molecule has 0 atom stereocenters. The van der Waals surface area contributed by atoms with Crippen molar-refractivity contribution in [2.45, 2.75) is 5.41 Å². The first-order valence-electron chi connectivity index (χ1n) is 10.4. The van der Waals surface area contributed by atoms with Crippen LogP contribution in [0.2, 0.25) is 0 Å². The lowest BCUT2D eigenvalue weighted by Gasteiger charge is -2.32. The van der Waals surface area contributed by atoms with Crippen LogP contribution in [0, 0.1) is 0 Å². The highest BCUT2D eigenvalue weighted by molar-refractivity contribution is 5.85. The van der Waals surface area contributed by atoms with Gasteiger partial charge >= 0.3 is 0 Å². The van der Waals surface area contributed by atoms with Gasteiger partial charge in [0.1, 0.15) is 31.0 Å². The summed E-state index contributed by atoms with van der Waals surface area (Å²) in [7, 11) is 0. The first-order chi connectivity index (χ1) is 15.3. The number of ether oxygens (including phenoxy) is 2. The molecule has 0 radical (unpaired) electrons. The van der Waals surface area contributed by atoms with Gasteiger partial charge in [-0.1, -0.05) is 72.8 Å². The van der Waals surface area contributed by atoms with Gasteiger partial charge in [-0.15, -0.1) is 0 Å². The fourth-order valence-electron chi connectivity index (χ4n) is 4.35. The second-order valence-corrected chi connectivity index (χ2v) is 7.75. The minimum Gasteiger partial charge on any atom is -0.492 e. The van der Waals surface area contributed by atoms with Crippen LogP contribution in [0.25, 0.3) is 11.1 Å². The molecular formula is C28H22O3. The molecule has 0 aromatic heterocycles. The van der Waals surface area contributed by atoms with Crippen LogP contribution in [-0.4, -0.2) is 19.5 Å². The number of aldehydes is 1. The van der Waals surface area contributed by atoms with Crippen molar-refractivity contribution in [3.8, 4) is 22.6 Å². The third-order valence-electron chi connectivity index (χ3n) is 5.88. The number of hydrogen-bond acceptors (Lipinski definition) is 3. The lowest BCUT2D eigenvalue weighted by Crippen LogP contribution is -2.39. The van der Waals surface area contributed by atoms with E-state index in [1.165, 1.54) is 0 Å². The monoisotopic (exact) mass is 406 g/mol. The van der Waals surface area contributed by atoms with E-state index in [2.05, 4.69) is 12.1 Å². The van der Waals surface area contributed by atoms with E-state index in [4.69, 9.17) is 9.47 Å². The molecule has 1 aliphatic rings. The number of carbonyl (C=O) groups is 1. The zero-order valence-corrected chi connectivity index (χ0v) is 17.0. The second kappa shape index (κ2) is 8.11. The van der Waals surface area contributed by atoms with E-state index in [1.54, 1.807) is 0 Å². The summed E-state index contributed by atoms with van der Waals surface area (Å²) in [6.45, 7) is 0.798. The first-order valence-corrected chi connectivity index (χ1v) is 10.4. The average molecular weight is 406 g/mol. The van der Waals surface area contributed by atoms with Crippen LogP contribution in [0.5, 0.6) is 11.5 Å². The van der Waals surface area contributed by atoms with Crippen molar-refractivity contribution in [1.29, 1.82) is 0 Å². The molecule has 0 amide bonds. The third-order valence-corrected chi connectivity index (χ3v) is 5.88. The van der Waals surface area contributed by atoms with Crippen molar-refractivity contribution in [2.75, 3.05) is 13.2 Å². The highest BCUT2D eigenvalue weighted by Crippen LogP contribution is 2.49.